The number of para-hydroxylation sites is 1. The van der Waals surface area contributed by atoms with Crippen molar-refractivity contribution >= 4 is 17.5 Å². The Morgan fingerprint density at radius 1 is 1.29 bits per heavy atom. The van der Waals surface area contributed by atoms with Crippen LogP contribution in [0.3, 0.4) is 0 Å². The van der Waals surface area contributed by atoms with E-state index in [1.165, 1.54) is 0 Å². The molecule has 0 bridgehead atoms. The molecule has 1 aromatic carbocycles. The molecule has 0 saturated carbocycles. The maximum atomic E-state index is 11.7. The van der Waals surface area contributed by atoms with Crippen molar-refractivity contribution in [2.75, 3.05) is 11.9 Å². The maximum absolute atomic E-state index is 11.7. The minimum absolute atomic E-state index is 0.138. The Kier molecular flexibility index (Phi) is 5.16. The largest absolute Gasteiger partial charge is 0.370 e. The van der Waals surface area contributed by atoms with Crippen LogP contribution in [0.15, 0.2) is 30.3 Å². The first-order chi connectivity index (χ1) is 8.09. The van der Waals surface area contributed by atoms with Gasteiger partial charge in [0.1, 0.15) is 0 Å². The van der Waals surface area contributed by atoms with Crippen LogP contribution in [0.2, 0.25) is 0 Å². The van der Waals surface area contributed by atoms with Crippen molar-refractivity contribution in [2.24, 2.45) is 5.73 Å². The van der Waals surface area contributed by atoms with Crippen LogP contribution in [0.1, 0.15) is 13.3 Å². The van der Waals surface area contributed by atoms with E-state index in [2.05, 4.69) is 10.6 Å². The minimum Gasteiger partial charge on any atom is -0.370 e. The number of carbonyl (C=O) groups is 2. The van der Waals surface area contributed by atoms with Crippen LogP contribution >= 0.6 is 0 Å². The number of carbonyl (C=O) groups excluding carboxylic acids is 2. The molecule has 4 N–H and O–H groups in total. The molecular formula is C12H17N3O2. The number of hydrogen-bond acceptors (Lipinski definition) is 3. The monoisotopic (exact) mass is 235 g/mol. The highest BCUT2D eigenvalue weighted by Crippen LogP contribution is 2.05. The standard InChI is InChI=1S/C12H17N3O2/c1-9(14-8-7-11(13)16)12(17)15-10-5-3-2-4-6-10/h2-6,9,14H,7-8H2,1H3,(H2,13,16)(H,15,17). The average molecular weight is 235 g/mol. The molecular weight excluding hydrogens is 218 g/mol. The molecule has 0 heterocycles. The third-order valence-corrected chi connectivity index (χ3v) is 2.26. The van der Waals surface area contributed by atoms with Crippen molar-refractivity contribution in [2.45, 2.75) is 19.4 Å². The van der Waals surface area contributed by atoms with Gasteiger partial charge in [0.25, 0.3) is 0 Å². The summed E-state index contributed by atoms with van der Waals surface area (Å²) in [6, 6.07) is 8.84. The zero-order valence-electron chi connectivity index (χ0n) is 9.77. The number of nitrogens with one attached hydrogen (secondary N) is 2. The smallest absolute Gasteiger partial charge is 0.241 e. The number of amides is 2. The van der Waals surface area contributed by atoms with Crippen LogP contribution in [0.25, 0.3) is 0 Å². The maximum Gasteiger partial charge on any atom is 0.241 e. The number of benzene rings is 1. The van der Waals surface area contributed by atoms with Gasteiger partial charge < -0.3 is 16.4 Å². The summed E-state index contributed by atoms with van der Waals surface area (Å²) in [6.45, 7) is 2.14. The molecule has 0 radical (unpaired) electrons. The van der Waals surface area contributed by atoms with E-state index in [0.717, 1.165) is 5.69 Å². The van der Waals surface area contributed by atoms with Crippen LogP contribution in [0, 0.1) is 0 Å². The van der Waals surface area contributed by atoms with Gasteiger partial charge >= 0.3 is 0 Å². The number of primary amides is 1. The molecule has 5 nitrogen and oxygen atoms in total. The number of hydrogen-bond donors (Lipinski definition) is 3. The molecule has 1 atom stereocenters. The third-order valence-electron chi connectivity index (χ3n) is 2.26. The Morgan fingerprint density at radius 3 is 2.53 bits per heavy atom. The van der Waals surface area contributed by atoms with E-state index >= 15 is 0 Å². The first-order valence-electron chi connectivity index (χ1n) is 5.47. The summed E-state index contributed by atoms with van der Waals surface area (Å²) in [5.41, 5.74) is 5.75. The predicted octanol–water partition coefficient (Wildman–Crippen LogP) is 0.479. The van der Waals surface area contributed by atoms with Crippen LogP contribution in [-0.4, -0.2) is 24.4 Å². The number of nitrogens with two attached hydrogens (primary N) is 1. The van der Waals surface area contributed by atoms with Gasteiger partial charge in [-0.3, -0.25) is 9.59 Å². The van der Waals surface area contributed by atoms with Gasteiger partial charge in [0.05, 0.1) is 6.04 Å². The Labute approximate surface area is 100 Å². The molecule has 2 amide bonds. The van der Waals surface area contributed by atoms with Gasteiger partial charge in [-0.15, -0.1) is 0 Å². The second-order valence-corrected chi connectivity index (χ2v) is 3.75. The van der Waals surface area contributed by atoms with Gasteiger partial charge in [0, 0.05) is 18.7 Å². The molecule has 1 aromatic rings. The first-order valence-corrected chi connectivity index (χ1v) is 5.47. The van der Waals surface area contributed by atoms with Crippen LogP contribution in [0.5, 0.6) is 0 Å². The SMILES string of the molecule is CC(NCCC(N)=O)C(=O)Nc1ccccc1. The van der Waals surface area contributed by atoms with Crippen molar-refractivity contribution in [3.8, 4) is 0 Å². The average Bonchev–Trinajstić information content (AvgIpc) is 2.29. The summed E-state index contributed by atoms with van der Waals surface area (Å²) in [6.07, 6.45) is 0.225. The first kappa shape index (κ1) is 13.2. The topological polar surface area (TPSA) is 84.2 Å². The highest BCUT2D eigenvalue weighted by molar-refractivity contribution is 5.94. The summed E-state index contributed by atoms with van der Waals surface area (Å²) in [4.78, 5) is 22.2. The lowest BCUT2D eigenvalue weighted by atomic mass is 10.2. The van der Waals surface area contributed by atoms with E-state index in [4.69, 9.17) is 5.73 Å². The van der Waals surface area contributed by atoms with Gasteiger partial charge in [-0.25, -0.2) is 0 Å². The van der Waals surface area contributed by atoms with Crippen molar-refractivity contribution in [3.05, 3.63) is 30.3 Å². The Bertz CT molecular complexity index is 379. The molecule has 1 unspecified atom stereocenters. The van der Waals surface area contributed by atoms with Crippen LogP contribution in [0.4, 0.5) is 5.69 Å². The lowest BCUT2D eigenvalue weighted by molar-refractivity contribution is -0.119. The van der Waals surface area contributed by atoms with E-state index in [1.807, 2.05) is 30.3 Å². The van der Waals surface area contributed by atoms with Gasteiger partial charge in [-0.2, -0.15) is 0 Å². The molecule has 17 heavy (non-hydrogen) atoms. The lowest BCUT2D eigenvalue weighted by Crippen LogP contribution is -2.39. The van der Waals surface area contributed by atoms with E-state index in [0.29, 0.717) is 6.54 Å². The number of anilines is 1. The predicted molar refractivity (Wildman–Crippen MR) is 66.3 cm³/mol. The fraction of sp³-hybridized carbons (Fsp3) is 0.333. The molecule has 0 saturated heterocycles. The van der Waals surface area contributed by atoms with Crippen LogP contribution in [-0.2, 0) is 9.59 Å². The fourth-order valence-electron chi connectivity index (χ4n) is 1.28. The molecule has 0 aliphatic carbocycles. The third kappa shape index (κ3) is 5.12. The molecule has 92 valence electrons. The highest BCUT2D eigenvalue weighted by Gasteiger charge is 2.11. The van der Waals surface area contributed by atoms with Gasteiger partial charge in [0.2, 0.25) is 11.8 Å². The quantitative estimate of drug-likeness (QED) is 0.670. The fourth-order valence-corrected chi connectivity index (χ4v) is 1.28. The van der Waals surface area contributed by atoms with Crippen molar-refractivity contribution < 1.29 is 9.59 Å². The lowest BCUT2D eigenvalue weighted by Gasteiger charge is -2.13. The summed E-state index contributed by atoms with van der Waals surface area (Å²) in [7, 11) is 0. The van der Waals surface area contributed by atoms with E-state index < -0.39 is 0 Å². The molecule has 0 aliphatic heterocycles. The Hall–Kier alpha value is -1.88. The molecule has 0 aliphatic rings. The van der Waals surface area contributed by atoms with E-state index in [-0.39, 0.29) is 24.3 Å². The second kappa shape index (κ2) is 6.65. The van der Waals surface area contributed by atoms with Crippen LogP contribution < -0.4 is 16.4 Å². The normalized spacial score (nSPS) is 11.8. The van der Waals surface area contributed by atoms with E-state index in [1.54, 1.807) is 6.92 Å². The van der Waals surface area contributed by atoms with Crippen molar-refractivity contribution in [1.29, 1.82) is 0 Å². The van der Waals surface area contributed by atoms with E-state index in [9.17, 15) is 9.59 Å². The zero-order valence-corrected chi connectivity index (χ0v) is 9.77. The zero-order chi connectivity index (χ0) is 12.7. The summed E-state index contributed by atoms with van der Waals surface area (Å²) < 4.78 is 0. The summed E-state index contributed by atoms with van der Waals surface area (Å²) in [5.74, 6) is -0.520. The molecule has 0 spiro atoms. The highest BCUT2D eigenvalue weighted by atomic mass is 16.2. The minimum atomic E-state index is -0.381. The summed E-state index contributed by atoms with van der Waals surface area (Å²) in [5, 5.41) is 5.68. The molecule has 0 aromatic heterocycles. The number of rotatable bonds is 6. The molecule has 1 rings (SSSR count). The van der Waals surface area contributed by atoms with Crippen molar-refractivity contribution in [3.63, 3.8) is 0 Å². The van der Waals surface area contributed by atoms with Gasteiger partial charge in [-0.1, -0.05) is 18.2 Å². The molecule has 5 heteroatoms. The Balaban J connectivity index is 2.34. The van der Waals surface area contributed by atoms with Crippen molar-refractivity contribution in [1.82, 2.24) is 5.32 Å². The van der Waals surface area contributed by atoms with Gasteiger partial charge in [-0.05, 0) is 19.1 Å². The van der Waals surface area contributed by atoms with Gasteiger partial charge in [0.15, 0.2) is 0 Å². The molecule has 0 fully saturated rings. The Morgan fingerprint density at radius 2 is 1.94 bits per heavy atom. The second-order valence-electron chi connectivity index (χ2n) is 3.75. The summed E-state index contributed by atoms with van der Waals surface area (Å²) >= 11 is 0.